The van der Waals surface area contributed by atoms with Gasteiger partial charge in [-0.05, 0) is 64.2 Å². The molecule has 0 aromatic heterocycles. The summed E-state index contributed by atoms with van der Waals surface area (Å²) in [5.74, 6) is -0.470. The smallest absolute Gasteiger partial charge is 0.306 e. The first-order valence-electron chi connectivity index (χ1n) is 19.1. The molecule has 0 saturated heterocycles. The SMILES string of the molecule is CCCCCCCC/C=C\CCCCCCCC(=O)OCC(COP)OC(=O)CCCCCCC/C=C\CCCCCCCC. The Morgan fingerprint density at radius 1 is 0.489 bits per heavy atom. The predicted octanol–water partition coefficient (Wildman–Crippen LogP) is 12.3. The van der Waals surface area contributed by atoms with Gasteiger partial charge in [-0.2, -0.15) is 0 Å². The van der Waals surface area contributed by atoms with Gasteiger partial charge in [-0.15, -0.1) is 0 Å². The molecule has 2 atom stereocenters. The summed E-state index contributed by atoms with van der Waals surface area (Å²) in [4.78, 5) is 24.5. The summed E-state index contributed by atoms with van der Waals surface area (Å²) in [7, 11) is 2.17. The van der Waals surface area contributed by atoms with Crippen molar-refractivity contribution in [2.75, 3.05) is 13.2 Å². The molecule has 0 bridgehead atoms. The molecule has 0 N–H and O–H groups in total. The fraction of sp³-hybridized carbons (Fsp3) is 0.846. The molecule has 0 aliphatic heterocycles. The summed E-state index contributed by atoms with van der Waals surface area (Å²) in [6.45, 7) is 4.77. The first-order chi connectivity index (χ1) is 22.1. The number of unbranched alkanes of at least 4 members (excludes halogenated alkanes) is 22. The molecule has 264 valence electrons. The lowest BCUT2D eigenvalue weighted by atomic mass is 10.1. The van der Waals surface area contributed by atoms with Crippen molar-refractivity contribution in [1.29, 1.82) is 0 Å². The maximum Gasteiger partial charge on any atom is 0.306 e. The predicted molar refractivity (Wildman–Crippen MR) is 195 cm³/mol. The second kappa shape index (κ2) is 37.3. The molecule has 2 unspecified atom stereocenters. The fourth-order valence-electron chi connectivity index (χ4n) is 5.41. The molecule has 0 aromatic carbocycles. The molecular formula is C39H73O5P. The van der Waals surface area contributed by atoms with Gasteiger partial charge < -0.3 is 14.0 Å². The molecule has 0 rings (SSSR count). The largest absolute Gasteiger partial charge is 0.462 e. The third-order valence-electron chi connectivity index (χ3n) is 8.30. The van der Waals surface area contributed by atoms with Gasteiger partial charge in [0.1, 0.15) is 6.61 Å². The maximum absolute atomic E-state index is 12.3. The summed E-state index contributed by atoms with van der Waals surface area (Å²) in [6.07, 6.45) is 41.5. The first kappa shape index (κ1) is 43.8. The fourth-order valence-corrected chi connectivity index (χ4v) is 5.62. The minimum Gasteiger partial charge on any atom is -0.462 e. The standard InChI is InChI=1S/C39H73O5P/c1-3-5-7-9-11-13-15-17-19-21-23-25-27-29-31-33-38(40)42-35-37(36-43-45)44-39(41)34-32-30-28-26-24-22-20-18-16-14-12-10-8-6-4-2/h17-20,37H,3-16,21-36,45H2,1-2H3/b19-17-,20-18-. The molecule has 0 heterocycles. The highest BCUT2D eigenvalue weighted by atomic mass is 31.0. The van der Waals surface area contributed by atoms with E-state index in [-0.39, 0.29) is 25.2 Å². The van der Waals surface area contributed by atoms with E-state index in [4.69, 9.17) is 14.0 Å². The molecule has 45 heavy (non-hydrogen) atoms. The van der Waals surface area contributed by atoms with Gasteiger partial charge in [0, 0.05) is 22.3 Å². The second-order valence-electron chi connectivity index (χ2n) is 12.8. The Kier molecular flexibility index (Phi) is 36.3. The lowest BCUT2D eigenvalue weighted by Gasteiger charge is -2.17. The third-order valence-corrected chi connectivity index (χ3v) is 8.49. The van der Waals surface area contributed by atoms with Crippen molar-refractivity contribution in [3.63, 3.8) is 0 Å². The number of carbonyl (C=O) groups excluding carboxylic acids is 2. The Morgan fingerprint density at radius 3 is 1.24 bits per heavy atom. The number of hydrogen-bond acceptors (Lipinski definition) is 5. The molecule has 0 fully saturated rings. The number of allylic oxidation sites excluding steroid dienone is 4. The van der Waals surface area contributed by atoms with Crippen LogP contribution >= 0.6 is 9.47 Å². The third kappa shape index (κ3) is 35.5. The van der Waals surface area contributed by atoms with E-state index in [9.17, 15) is 9.59 Å². The Hall–Kier alpha value is -1.19. The van der Waals surface area contributed by atoms with Crippen LogP contribution in [0.4, 0.5) is 0 Å². The average molecular weight is 653 g/mol. The summed E-state index contributed by atoms with van der Waals surface area (Å²) >= 11 is 0. The van der Waals surface area contributed by atoms with E-state index >= 15 is 0 Å². The van der Waals surface area contributed by atoms with Gasteiger partial charge in [-0.1, -0.05) is 141 Å². The lowest BCUT2D eigenvalue weighted by molar-refractivity contribution is -0.160. The molecule has 0 aromatic rings. The van der Waals surface area contributed by atoms with E-state index in [1.165, 1.54) is 116 Å². The normalized spacial score (nSPS) is 12.3. The Labute approximate surface area is 281 Å². The minimum absolute atomic E-state index is 0.0520. The van der Waals surface area contributed by atoms with E-state index in [1.54, 1.807) is 0 Å². The molecule has 0 amide bonds. The highest BCUT2D eigenvalue weighted by molar-refractivity contribution is 7.09. The number of ether oxygens (including phenoxy) is 2. The molecule has 0 radical (unpaired) electrons. The van der Waals surface area contributed by atoms with E-state index in [1.807, 2.05) is 0 Å². The molecule has 6 heteroatoms. The summed E-state index contributed by atoms with van der Waals surface area (Å²) in [6, 6.07) is 0. The quantitative estimate of drug-likeness (QED) is 0.0295. The topological polar surface area (TPSA) is 61.8 Å². The van der Waals surface area contributed by atoms with E-state index < -0.39 is 6.10 Å². The van der Waals surface area contributed by atoms with Crippen molar-refractivity contribution >= 4 is 21.4 Å². The van der Waals surface area contributed by atoms with Gasteiger partial charge in [0.15, 0.2) is 6.10 Å². The van der Waals surface area contributed by atoms with Crippen molar-refractivity contribution in [2.45, 2.75) is 200 Å². The van der Waals surface area contributed by atoms with Crippen LogP contribution in [0.25, 0.3) is 0 Å². The highest BCUT2D eigenvalue weighted by Crippen LogP contribution is 2.13. The van der Waals surface area contributed by atoms with Gasteiger partial charge in [0.2, 0.25) is 0 Å². The van der Waals surface area contributed by atoms with E-state index in [0.29, 0.717) is 12.8 Å². The monoisotopic (exact) mass is 653 g/mol. The van der Waals surface area contributed by atoms with Crippen LogP contribution in [0.3, 0.4) is 0 Å². The minimum atomic E-state index is -0.559. The van der Waals surface area contributed by atoms with Crippen molar-refractivity contribution in [3.8, 4) is 0 Å². The Bertz CT molecular complexity index is 693. The first-order valence-corrected chi connectivity index (χ1v) is 19.6. The van der Waals surface area contributed by atoms with Crippen LogP contribution in [-0.4, -0.2) is 31.3 Å². The number of rotatable bonds is 35. The summed E-state index contributed by atoms with van der Waals surface area (Å²) in [5, 5.41) is 0. The van der Waals surface area contributed by atoms with Crippen LogP contribution in [0, 0.1) is 0 Å². The zero-order valence-electron chi connectivity index (χ0n) is 29.7. The molecule has 0 aliphatic rings. The zero-order valence-corrected chi connectivity index (χ0v) is 30.9. The molecule has 0 saturated carbocycles. The van der Waals surface area contributed by atoms with Gasteiger partial charge in [-0.25, -0.2) is 0 Å². The van der Waals surface area contributed by atoms with Crippen LogP contribution < -0.4 is 0 Å². The van der Waals surface area contributed by atoms with Crippen molar-refractivity contribution in [1.82, 2.24) is 0 Å². The van der Waals surface area contributed by atoms with Crippen molar-refractivity contribution in [2.24, 2.45) is 0 Å². The molecule has 0 spiro atoms. The summed E-state index contributed by atoms with van der Waals surface area (Å²) < 4.78 is 16.0. The number of hydrogen-bond donors (Lipinski definition) is 0. The average Bonchev–Trinajstić information content (AvgIpc) is 3.03. The van der Waals surface area contributed by atoms with Gasteiger partial charge in [0.05, 0.1) is 6.61 Å². The van der Waals surface area contributed by atoms with Crippen LogP contribution in [0.1, 0.15) is 194 Å². The second-order valence-corrected chi connectivity index (χ2v) is 13.1. The number of esters is 2. The maximum atomic E-state index is 12.3. The molecule has 5 nitrogen and oxygen atoms in total. The summed E-state index contributed by atoms with van der Waals surface area (Å²) in [5.41, 5.74) is 0. The zero-order chi connectivity index (χ0) is 32.9. The number of carbonyl (C=O) groups is 2. The van der Waals surface area contributed by atoms with Gasteiger partial charge >= 0.3 is 11.9 Å². The van der Waals surface area contributed by atoms with Gasteiger partial charge in [-0.3, -0.25) is 9.59 Å². The van der Waals surface area contributed by atoms with E-state index in [2.05, 4.69) is 47.6 Å². The van der Waals surface area contributed by atoms with E-state index in [0.717, 1.165) is 51.4 Å². The van der Waals surface area contributed by atoms with Crippen LogP contribution in [-0.2, 0) is 23.6 Å². The molecular weight excluding hydrogens is 579 g/mol. The van der Waals surface area contributed by atoms with Crippen LogP contribution in [0.15, 0.2) is 24.3 Å². The van der Waals surface area contributed by atoms with Crippen LogP contribution in [0.5, 0.6) is 0 Å². The van der Waals surface area contributed by atoms with Gasteiger partial charge in [0.25, 0.3) is 0 Å². The molecule has 0 aliphatic carbocycles. The van der Waals surface area contributed by atoms with Crippen molar-refractivity contribution in [3.05, 3.63) is 24.3 Å². The Balaban J connectivity index is 3.68. The highest BCUT2D eigenvalue weighted by Gasteiger charge is 2.17. The van der Waals surface area contributed by atoms with Crippen LogP contribution in [0.2, 0.25) is 0 Å². The Morgan fingerprint density at radius 2 is 0.844 bits per heavy atom. The van der Waals surface area contributed by atoms with Crippen molar-refractivity contribution < 1.29 is 23.6 Å². The lowest BCUT2D eigenvalue weighted by Crippen LogP contribution is -2.28.